The Morgan fingerprint density at radius 1 is 1.24 bits per heavy atom. The van der Waals surface area contributed by atoms with Crippen molar-refractivity contribution in [2.45, 2.75) is 12.7 Å². The quantitative estimate of drug-likeness (QED) is 0.881. The second-order valence-electron chi connectivity index (χ2n) is 4.04. The minimum atomic E-state index is -0.319. The molecule has 1 atom stereocenters. The van der Waals surface area contributed by atoms with Gasteiger partial charge in [-0.15, -0.1) is 11.3 Å². The number of thiophene rings is 1. The lowest BCUT2D eigenvalue weighted by molar-refractivity contribution is 0.0716. The zero-order valence-corrected chi connectivity index (χ0v) is 9.98. The highest BCUT2D eigenvalue weighted by molar-refractivity contribution is 7.09. The first-order valence-corrected chi connectivity index (χ1v) is 6.33. The van der Waals surface area contributed by atoms with Gasteiger partial charge in [-0.1, -0.05) is 24.3 Å². The highest BCUT2D eigenvalue weighted by Gasteiger charge is 2.33. The molecule has 0 saturated heterocycles. The SMILES string of the molecule is NC1c2ccccc2C(=O)N1Cc1cccs1. The molecule has 2 heterocycles. The minimum Gasteiger partial charge on any atom is -0.314 e. The number of fused-ring (bicyclic) bond motifs is 1. The topological polar surface area (TPSA) is 46.3 Å². The van der Waals surface area contributed by atoms with E-state index in [1.165, 1.54) is 0 Å². The standard InChI is InChI=1S/C13H12N2OS/c14-12-10-5-1-2-6-11(10)13(16)15(12)8-9-4-3-7-17-9/h1-7,12H,8,14H2. The Morgan fingerprint density at radius 2 is 2.06 bits per heavy atom. The van der Waals surface area contributed by atoms with E-state index in [-0.39, 0.29) is 12.1 Å². The van der Waals surface area contributed by atoms with Crippen LogP contribution in [0.2, 0.25) is 0 Å². The van der Waals surface area contributed by atoms with Crippen molar-refractivity contribution in [1.29, 1.82) is 0 Å². The normalized spacial score (nSPS) is 18.5. The lowest BCUT2D eigenvalue weighted by atomic mass is 10.1. The molecule has 1 amide bonds. The number of benzene rings is 1. The van der Waals surface area contributed by atoms with Gasteiger partial charge >= 0.3 is 0 Å². The molecule has 3 rings (SSSR count). The van der Waals surface area contributed by atoms with Gasteiger partial charge in [0, 0.05) is 16.0 Å². The van der Waals surface area contributed by atoms with Gasteiger partial charge in [-0.05, 0) is 17.5 Å². The van der Waals surface area contributed by atoms with Crippen LogP contribution in [0.15, 0.2) is 41.8 Å². The molecular weight excluding hydrogens is 232 g/mol. The number of nitrogens with two attached hydrogens (primary N) is 1. The fourth-order valence-corrected chi connectivity index (χ4v) is 2.84. The van der Waals surface area contributed by atoms with Crippen LogP contribution in [0.3, 0.4) is 0 Å². The van der Waals surface area contributed by atoms with E-state index >= 15 is 0 Å². The summed E-state index contributed by atoms with van der Waals surface area (Å²) in [6.45, 7) is 0.590. The zero-order chi connectivity index (χ0) is 11.8. The van der Waals surface area contributed by atoms with E-state index in [4.69, 9.17) is 5.73 Å². The third kappa shape index (κ3) is 1.66. The van der Waals surface area contributed by atoms with Crippen molar-refractivity contribution >= 4 is 17.2 Å². The van der Waals surface area contributed by atoms with Crippen LogP contribution in [0.25, 0.3) is 0 Å². The molecule has 0 aliphatic carbocycles. The predicted molar refractivity (Wildman–Crippen MR) is 67.6 cm³/mol. The minimum absolute atomic E-state index is 0.0292. The van der Waals surface area contributed by atoms with Crippen LogP contribution in [0.4, 0.5) is 0 Å². The molecule has 0 fully saturated rings. The zero-order valence-electron chi connectivity index (χ0n) is 9.17. The average molecular weight is 244 g/mol. The van der Waals surface area contributed by atoms with Crippen LogP contribution in [-0.4, -0.2) is 10.8 Å². The molecule has 1 aliphatic rings. The maximum absolute atomic E-state index is 12.2. The largest absolute Gasteiger partial charge is 0.314 e. The molecule has 1 aromatic heterocycles. The Labute approximate surface area is 103 Å². The van der Waals surface area contributed by atoms with Crippen LogP contribution in [-0.2, 0) is 6.54 Å². The molecule has 0 bridgehead atoms. The Morgan fingerprint density at radius 3 is 2.76 bits per heavy atom. The molecule has 86 valence electrons. The van der Waals surface area contributed by atoms with Gasteiger partial charge in [-0.25, -0.2) is 0 Å². The van der Waals surface area contributed by atoms with Gasteiger partial charge < -0.3 is 10.6 Å². The van der Waals surface area contributed by atoms with Crippen molar-refractivity contribution in [3.8, 4) is 0 Å². The summed E-state index contributed by atoms with van der Waals surface area (Å²) in [4.78, 5) is 15.1. The number of hydrogen-bond acceptors (Lipinski definition) is 3. The van der Waals surface area contributed by atoms with Crippen LogP contribution < -0.4 is 5.73 Å². The molecule has 4 heteroatoms. The third-order valence-electron chi connectivity index (χ3n) is 3.01. The van der Waals surface area contributed by atoms with Gasteiger partial charge in [0.05, 0.1) is 6.54 Å². The van der Waals surface area contributed by atoms with Gasteiger partial charge in [-0.3, -0.25) is 4.79 Å². The summed E-state index contributed by atoms with van der Waals surface area (Å²) in [5.74, 6) is 0.0292. The number of carbonyl (C=O) groups is 1. The van der Waals surface area contributed by atoms with Crippen molar-refractivity contribution in [3.63, 3.8) is 0 Å². The number of carbonyl (C=O) groups excluding carboxylic acids is 1. The van der Waals surface area contributed by atoms with Crippen molar-refractivity contribution in [2.75, 3.05) is 0 Å². The van der Waals surface area contributed by atoms with Crippen LogP contribution in [0, 0.1) is 0 Å². The highest BCUT2D eigenvalue weighted by Crippen LogP contribution is 2.31. The summed E-state index contributed by atoms with van der Waals surface area (Å²) in [6.07, 6.45) is -0.319. The first-order chi connectivity index (χ1) is 8.27. The fourth-order valence-electron chi connectivity index (χ4n) is 2.14. The van der Waals surface area contributed by atoms with E-state index in [0.29, 0.717) is 6.54 Å². The molecule has 2 N–H and O–H groups in total. The van der Waals surface area contributed by atoms with Gasteiger partial charge in [0.25, 0.3) is 5.91 Å². The van der Waals surface area contributed by atoms with Crippen molar-refractivity contribution < 1.29 is 4.79 Å². The summed E-state index contributed by atoms with van der Waals surface area (Å²) >= 11 is 1.64. The predicted octanol–water partition coefficient (Wildman–Crippen LogP) is 2.36. The summed E-state index contributed by atoms with van der Waals surface area (Å²) < 4.78 is 0. The Kier molecular flexibility index (Phi) is 2.46. The second kappa shape index (κ2) is 3.98. The molecule has 1 unspecified atom stereocenters. The second-order valence-corrected chi connectivity index (χ2v) is 5.08. The van der Waals surface area contributed by atoms with Crippen molar-refractivity contribution in [1.82, 2.24) is 4.90 Å². The Bertz CT molecular complexity index is 550. The Hall–Kier alpha value is -1.65. The third-order valence-corrected chi connectivity index (χ3v) is 3.87. The van der Waals surface area contributed by atoms with E-state index in [9.17, 15) is 4.79 Å². The molecule has 0 saturated carbocycles. The molecule has 17 heavy (non-hydrogen) atoms. The lowest BCUT2D eigenvalue weighted by Crippen LogP contribution is -2.31. The van der Waals surface area contributed by atoms with Crippen molar-refractivity contribution in [2.24, 2.45) is 5.73 Å². The summed E-state index contributed by atoms with van der Waals surface area (Å²) in [7, 11) is 0. The van der Waals surface area contributed by atoms with E-state index < -0.39 is 0 Å². The van der Waals surface area contributed by atoms with Crippen LogP contribution >= 0.6 is 11.3 Å². The van der Waals surface area contributed by atoms with Crippen molar-refractivity contribution in [3.05, 3.63) is 57.8 Å². The van der Waals surface area contributed by atoms with E-state index in [1.807, 2.05) is 41.8 Å². The molecule has 0 radical (unpaired) electrons. The molecule has 3 nitrogen and oxygen atoms in total. The number of rotatable bonds is 2. The first kappa shape index (κ1) is 10.5. The van der Waals surface area contributed by atoms with E-state index in [0.717, 1.165) is 16.0 Å². The average Bonchev–Trinajstić information content (AvgIpc) is 2.94. The monoisotopic (exact) mass is 244 g/mol. The van der Waals surface area contributed by atoms with E-state index in [1.54, 1.807) is 16.2 Å². The maximum atomic E-state index is 12.2. The van der Waals surface area contributed by atoms with Gasteiger partial charge in [0.2, 0.25) is 0 Å². The maximum Gasteiger partial charge on any atom is 0.256 e. The molecule has 0 spiro atoms. The van der Waals surface area contributed by atoms with Crippen LogP contribution in [0.1, 0.15) is 27.0 Å². The molecule has 1 aliphatic heterocycles. The number of amides is 1. The number of nitrogens with zero attached hydrogens (tertiary/aromatic N) is 1. The smallest absolute Gasteiger partial charge is 0.256 e. The van der Waals surface area contributed by atoms with Crippen LogP contribution in [0.5, 0.6) is 0 Å². The lowest BCUT2D eigenvalue weighted by Gasteiger charge is -2.20. The van der Waals surface area contributed by atoms with Gasteiger partial charge in [0.1, 0.15) is 6.17 Å². The van der Waals surface area contributed by atoms with Gasteiger partial charge in [0.15, 0.2) is 0 Å². The van der Waals surface area contributed by atoms with E-state index in [2.05, 4.69) is 0 Å². The summed E-state index contributed by atoms with van der Waals surface area (Å²) in [5, 5.41) is 2.01. The molecular formula is C13H12N2OS. The number of hydrogen-bond donors (Lipinski definition) is 1. The first-order valence-electron chi connectivity index (χ1n) is 5.45. The Balaban J connectivity index is 1.92. The molecule has 2 aromatic rings. The molecule has 1 aromatic carbocycles. The van der Waals surface area contributed by atoms with Gasteiger partial charge in [-0.2, -0.15) is 0 Å². The fraction of sp³-hybridized carbons (Fsp3) is 0.154. The summed E-state index contributed by atoms with van der Waals surface area (Å²) in [6, 6.07) is 11.6. The summed E-state index contributed by atoms with van der Waals surface area (Å²) in [5.41, 5.74) is 7.77. The highest BCUT2D eigenvalue weighted by atomic mass is 32.1.